The number of likely N-dealkylation sites (tertiary alicyclic amines) is 1. The molecule has 1 aliphatic carbocycles. The van der Waals surface area contributed by atoms with Gasteiger partial charge in [0.25, 0.3) is 0 Å². The second-order valence-corrected chi connectivity index (χ2v) is 6.32. The van der Waals surface area contributed by atoms with Crippen molar-refractivity contribution < 1.29 is 9.90 Å². The predicted octanol–water partition coefficient (Wildman–Crippen LogP) is 0.809. The first-order valence-corrected chi connectivity index (χ1v) is 7.42. The Morgan fingerprint density at radius 2 is 2.10 bits per heavy atom. The molecular weight excluding hydrogens is 254 g/mol. The van der Waals surface area contributed by atoms with Crippen molar-refractivity contribution in [3.05, 3.63) is 17.0 Å². The number of hydrogen-bond acceptors (Lipinski definition) is 3. The monoisotopic (exact) mass is 277 g/mol. The molecule has 0 aromatic carbocycles. The van der Waals surface area contributed by atoms with Crippen LogP contribution in [0, 0.1) is 25.7 Å². The maximum Gasteiger partial charge on any atom is 0.227 e. The Hall–Kier alpha value is -1.36. The Balaban J connectivity index is 1.69. The Labute approximate surface area is 119 Å². The number of aliphatic hydroxyl groups is 1. The number of aromatic nitrogens is 2. The third-order valence-corrected chi connectivity index (χ3v) is 5.16. The fourth-order valence-corrected chi connectivity index (χ4v) is 3.78. The molecule has 3 rings (SSSR count). The molecule has 1 aliphatic heterocycles. The fraction of sp³-hybridized carbons (Fsp3) is 0.733. The summed E-state index contributed by atoms with van der Waals surface area (Å²) >= 11 is 0. The highest BCUT2D eigenvalue weighted by atomic mass is 16.3. The quantitative estimate of drug-likeness (QED) is 0.870. The first-order chi connectivity index (χ1) is 9.47. The van der Waals surface area contributed by atoms with Crippen molar-refractivity contribution in [1.82, 2.24) is 14.7 Å². The van der Waals surface area contributed by atoms with E-state index >= 15 is 0 Å². The van der Waals surface area contributed by atoms with Crippen molar-refractivity contribution in [2.24, 2.45) is 18.9 Å². The van der Waals surface area contributed by atoms with Gasteiger partial charge in [-0.3, -0.25) is 9.48 Å². The van der Waals surface area contributed by atoms with Crippen molar-refractivity contribution >= 4 is 5.91 Å². The molecule has 0 bridgehead atoms. The van der Waals surface area contributed by atoms with Crippen LogP contribution in [0.2, 0.25) is 0 Å². The molecule has 3 unspecified atom stereocenters. The lowest BCUT2D eigenvalue weighted by Crippen LogP contribution is -2.32. The molecule has 5 nitrogen and oxygen atoms in total. The minimum Gasteiger partial charge on any atom is -0.393 e. The van der Waals surface area contributed by atoms with E-state index in [2.05, 4.69) is 5.10 Å². The number of fused-ring (bicyclic) bond motifs is 1. The van der Waals surface area contributed by atoms with E-state index in [9.17, 15) is 9.90 Å². The number of hydrogen-bond donors (Lipinski definition) is 1. The zero-order valence-corrected chi connectivity index (χ0v) is 12.5. The molecule has 0 spiro atoms. The Morgan fingerprint density at radius 1 is 1.35 bits per heavy atom. The van der Waals surface area contributed by atoms with E-state index in [4.69, 9.17) is 0 Å². The number of aryl methyl sites for hydroxylation is 2. The maximum absolute atomic E-state index is 12.5. The molecule has 2 aliphatic rings. The van der Waals surface area contributed by atoms with Crippen LogP contribution in [-0.2, 0) is 18.3 Å². The lowest BCUT2D eigenvalue weighted by Gasteiger charge is -2.18. The van der Waals surface area contributed by atoms with Crippen LogP contribution in [-0.4, -0.2) is 44.9 Å². The van der Waals surface area contributed by atoms with Gasteiger partial charge >= 0.3 is 0 Å². The molecule has 1 N–H and O–H groups in total. The van der Waals surface area contributed by atoms with E-state index in [0.717, 1.165) is 42.9 Å². The summed E-state index contributed by atoms with van der Waals surface area (Å²) in [5, 5.41) is 14.3. The van der Waals surface area contributed by atoms with Crippen LogP contribution < -0.4 is 0 Å². The minimum absolute atomic E-state index is 0.172. The second-order valence-electron chi connectivity index (χ2n) is 6.32. The summed E-state index contributed by atoms with van der Waals surface area (Å²) in [7, 11) is 1.91. The molecule has 2 heterocycles. The first kappa shape index (κ1) is 13.6. The van der Waals surface area contributed by atoms with Crippen molar-refractivity contribution in [2.45, 2.75) is 39.2 Å². The average molecular weight is 277 g/mol. The molecule has 5 heteroatoms. The van der Waals surface area contributed by atoms with Crippen molar-refractivity contribution in [1.29, 1.82) is 0 Å². The first-order valence-electron chi connectivity index (χ1n) is 7.42. The van der Waals surface area contributed by atoms with Gasteiger partial charge in [-0.2, -0.15) is 5.10 Å². The third kappa shape index (κ3) is 2.14. The highest BCUT2D eigenvalue weighted by molar-refractivity contribution is 5.79. The van der Waals surface area contributed by atoms with Gasteiger partial charge in [0.1, 0.15) is 0 Å². The lowest BCUT2D eigenvalue weighted by atomic mass is 10.00. The normalized spacial score (nSPS) is 29.0. The molecule has 110 valence electrons. The predicted molar refractivity (Wildman–Crippen MR) is 75.2 cm³/mol. The summed E-state index contributed by atoms with van der Waals surface area (Å²) in [6.07, 6.45) is 2.18. The molecule has 20 heavy (non-hydrogen) atoms. The van der Waals surface area contributed by atoms with E-state index in [1.807, 2.05) is 30.5 Å². The summed E-state index contributed by atoms with van der Waals surface area (Å²) < 4.78 is 1.83. The molecule has 3 atom stereocenters. The zero-order valence-electron chi connectivity index (χ0n) is 12.5. The Bertz CT molecular complexity index is 537. The molecule has 0 radical (unpaired) electrons. The SMILES string of the molecule is Cc1nn(C)c(C)c1CC(=O)N1CC2CCC(O)C2C1. The van der Waals surface area contributed by atoms with Crippen LogP contribution in [0.15, 0.2) is 0 Å². The molecule has 1 aromatic heterocycles. The van der Waals surface area contributed by atoms with Crippen LogP contribution in [0.1, 0.15) is 29.8 Å². The standard InChI is InChI=1S/C15H23N3O2/c1-9-12(10(2)17(3)16-9)6-15(20)18-7-11-4-5-14(19)13(11)8-18/h11,13-14,19H,4-8H2,1-3H3. The zero-order chi connectivity index (χ0) is 14.4. The summed E-state index contributed by atoms with van der Waals surface area (Å²) in [6, 6.07) is 0. The topological polar surface area (TPSA) is 58.4 Å². The lowest BCUT2D eigenvalue weighted by molar-refractivity contribution is -0.129. The number of aliphatic hydroxyl groups excluding tert-OH is 1. The number of carbonyl (C=O) groups is 1. The molecule has 1 amide bonds. The average Bonchev–Trinajstić information content (AvgIpc) is 3.02. The van der Waals surface area contributed by atoms with E-state index in [1.165, 1.54) is 0 Å². The van der Waals surface area contributed by atoms with Crippen LogP contribution in [0.3, 0.4) is 0 Å². The molecule has 1 saturated heterocycles. The number of amides is 1. The number of nitrogens with zero attached hydrogens (tertiary/aromatic N) is 3. The molecular formula is C15H23N3O2. The van der Waals surface area contributed by atoms with Crippen molar-refractivity contribution in [3.8, 4) is 0 Å². The minimum atomic E-state index is -0.209. The van der Waals surface area contributed by atoms with Gasteiger partial charge in [-0.05, 0) is 32.6 Å². The van der Waals surface area contributed by atoms with Crippen LogP contribution >= 0.6 is 0 Å². The van der Waals surface area contributed by atoms with Crippen LogP contribution in [0.25, 0.3) is 0 Å². The van der Waals surface area contributed by atoms with Crippen LogP contribution in [0.5, 0.6) is 0 Å². The largest absolute Gasteiger partial charge is 0.393 e. The molecule has 1 saturated carbocycles. The highest BCUT2D eigenvalue weighted by Gasteiger charge is 2.43. The summed E-state index contributed by atoms with van der Waals surface area (Å²) in [5.74, 6) is 0.978. The molecule has 2 fully saturated rings. The molecule has 1 aromatic rings. The fourth-order valence-electron chi connectivity index (χ4n) is 3.78. The van der Waals surface area contributed by atoms with Gasteiger partial charge in [0.2, 0.25) is 5.91 Å². The van der Waals surface area contributed by atoms with Crippen molar-refractivity contribution in [3.63, 3.8) is 0 Å². The van der Waals surface area contributed by atoms with Gasteiger partial charge in [0, 0.05) is 37.3 Å². The van der Waals surface area contributed by atoms with Crippen molar-refractivity contribution in [2.75, 3.05) is 13.1 Å². The summed E-state index contributed by atoms with van der Waals surface area (Å²) in [6.45, 7) is 5.51. The van der Waals surface area contributed by atoms with Gasteiger partial charge in [0.15, 0.2) is 0 Å². The summed E-state index contributed by atoms with van der Waals surface area (Å²) in [5.41, 5.74) is 3.06. The Kier molecular flexibility index (Phi) is 3.32. The van der Waals surface area contributed by atoms with Gasteiger partial charge in [-0.25, -0.2) is 0 Å². The number of carbonyl (C=O) groups excluding carboxylic acids is 1. The highest BCUT2D eigenvalue weighted by Crippen LogP contribution is 2.38. The van der Waals surface area contributed by atoms with E-state index in [1.54, 1.807) is 0 Å². The van der Waals surface area contributed by atoms with Gasteiger partial charge in [-0.1, -0.05) is 0 Å². The third-order valence-electron chi connectivity index (χ3n) is 5.16. The van der Waals surface area contributed by atoms with Gasteiger partial charge in [-0.15, -0.1) is 0 Å². The van der Waals surface area contributed by atoms with Crippen LogP contribution in [0.4, 0.5) is 0 Å². The summed E-state index contributed by atoms with van der Waals surface area (Å²) in [4.78, 5) is 14.4. The van der Waals surface area contributed by atoms with E-state index in [0.29, 0.717) is 18.3 Å². The smallest absolute Gasteiger partial charge is 0.227 e. The second kappa shape index (κ2) is 4.88. The van der Waals surface area contributed by atoms with Gasteiger partial charge < -0.3 is 10.0 Å². The van der Waals surface area contributed by atoms with E-state index < -0.39 is 0 Å². The number of rotatable bonds is 2. The van der Waals surface area contributed by atoms with Gasteiger partial charge in [0.05, 0.1) is 18.2 Å². The maximum atomic E-state index is 12.5. The Morgan fingerprint density at radius 3 is 2.70 bits per heavy atom. The van der Waals surface area contributed by atoms with E-state index in [-0.39, 0.29) is 12.0 Å².